The first kappa shape index (κ1) is 26.4. The molecule has 9 heteroatoms. The maximum absolute atomic E-state index is 12.6. The van der Waals surface area contributed by atoms with Gasteiger partial charge in [-0.2, -0.15) is 0 Å². The largest absolute Gasteiger partial charge is 0.456 e. The van der Waals surface area contributed by atoms with E-state index in [0.717, 1.165) is 16.5 Å². The van der Waals surface area contributed by atoms with E-state index in [0.29, 0.717) is 32.7 Å². The average Bonchev–Trinajstić information content (AvgIpc) is 2.79. The number of hydrogen-bond acceptors (Lipinski definition) is 6. The van der Waals surface area contributed by atoms with E-state index in [1.54, 1.807) is 36.9 Å². The number of ether oxygens (including phenoxy) is 1. The number of nitrogens with two attached hydrogens (primary N) is 1. The van der Waals surface area contributed by atoms with Gasteiger partial charge in [-0.1, -0.05) is 17.7 Å². The van der Waals surface area contributed by atoms with Crippen LogP contribution in [-0.2, 0) is 22.0 Å². The van der Waals surface area contributed by atoms with Crippen LogP contribution in [0.5, 0.6) is 11.5 Å². The Kier molecular flexibility index (Phi) is 8.30. The van der Waals surface area contributed by atoms with Crippen molar-refractivity contribution in [3.8, 4) is 11.5 Å². The van der Waals surface area contributed by atoms with Gasteiger partial charge in [-0.05, 0) is 69.2 Å². The number of aliphatic imine (C=N–C) groups is 1. The van der Waals surface area contributed by atoms with E-state index >= 15 is 0 Å². The van der Waals surface area contributed by atoms with E-state index in [1.807, 2.05) is 45.9 Å². The average molecular weight is 513 g/mol. The predicted octanol–water partition coefficient (Wildman–Crippen LogP) is 5.05. The Labute approximate surface area is 212 Å². The number of carbonyl (C=O) groups is 1. The SMILES string of the molecule is Cc1cc(CC(=O)N/C(C=NC(C)(C)C)=C/N)c(Cl)cc1Oc1ccnc2ccc(S(C)=O)cc12. The fourth-order valence-corrected chi connectivity index (χ4v) is 3.98. The Morgan fingerprint density at radius 1 is 1.23 bits per heavy atom. The molecule has 0 saturated carbocycles. The number of carbonyl (C=O) groups excluding carboxylic acids is 1. The maximum atomic E-state index is 12.6. The molecule has 0 radical (unpaired) electrons. The van der Waals surface area contributed by atoms with Gasteiger partial charge in [-0.15, -0.1) is 0 Å². The van der Waals surface area contributed by atoms with Crippen LogP contribution in [0.1, 0.15) is 31.9 Å². The van der Waals surface area contributed by atoms with Crippen molar-refractivity contribution in [1.82, 2.24) is 10.3 Å². The number of hydrogen-bond donors (Lipinski definition) is 2. The molecule has 0 bridgehead atoms. The first-order valence-electron chi connectivity index (χ1n) is 10.9. The number of aryl methyl sites for hydroxylation is 1. The van der Waals surface area contributed by atoms with Crippen molar-refractivity contribution in [2.24, 2.45) is 10.7 Å². The van der Waals surface area contributed by atoms with Gasteiger partial charge in [0.1, 0.15) is 11.5 Å². The Balaban J connectivity index is 1.81. The lowest BCUT2D eigenvalue weighted by Gasteiger charge is -2.14. The summed E-state index contributed by atoms with van der Waals surface area (Å²) < 4.78 is 18.1. The van der Waals surface area contributed by atoms with Gasteiger partial charge >= 0.3 is 0 Å². The van der Waals surface area contributed by atoms with Crippen LogP contribution in [0.4, 0.5) is 0 Å². The quantitative estimate of drug-likeness (QED) is 0.430. The molecule has 0 aliphatic heterocycles. The van der Waals surface area contributed by atoms with Crippen molar-refractivity contribution in [2.45, 2.75) is 44.6 Å². The van der Waals surface area contributed by atoms with E-state index in [-0.39, 0.29) is 17.9 Å². The minimum Gasteiger partial charge on any atom is -0.456 e. The lowest BCUT2D eigenvalue weighted by molar-refractivity contribution is -0.119. The highest BCUT2D eigenvalue weighted by atomic mass is 35.5. The standard InChI is InChI=1S/C26H29ClN4O3S/c1-16-10-17(11-25(32)31-18(14-28)15-30-26(2,3)4)21(27)13-24(16)34-23-8-9-29-22-7-6-19(35(5)33)12-20(22)23/h6-10,12-15H,11,28H2,1-5H3,(H,31,32)/b18-14+,30-15?. The van der Waals surface area contributed by atoms with Gasteiger partial charge in [0, 0.05) is 51.0 Å². The smallest absolute Gasteiger partial charge is 0.228 e. The maximum Gasteiger partial charge on any atom is 0.228 e. The van der Waals surface area contributed by atoms with E-state index in [1.165, 1.54) is 6.20 Å². The van der Waals surface area contributed by atoms with Crippen molar-refractivity contribution < 1.29 is 13.7 Å². The van der Waals surface area contributed by atoms with Crippen LogP contribution in [0.15, 0.2) is 64.4 Å². The van der Waals surface area contributed by atoms with Crippen LogP contribution in [0, 0.1) is 6.92 Å². The van der Waals surface area contributed by atoms with Gasteiger partial charge in [0.15, 0.2) is 0 Å². The number of aromatic nitrogens is 1. The van der Waals surface area contributed by atoms with Gasteiger partial charge < -0.3 is 15.8 Å². The zero-order chi connectivity index (χ0) is 25.8. The zero-order valence-corrected chi connectivity index (χ0v) is 22.0. The number of pyridine rings is 1. The molecule has 1 unspecified atom stereocenters. The molecule has 1 amide bonds. The van der Waals surface area contributed by atoms with Crippen molar-refractivity contribution in [1.29, 1.82) is 0 Å². The third-order valence-electron chi connectivity index (χ3n) is 4.97. The Bertz CT molecular complexity index is 1350. The highest BCUT2D eigenvalue weighted by molar-refractivity contribution is 7.84. The van der Waals surface area contributed by atoms with Crippen LogP contribution in [0.3, 0.4) is 0 Å². The summed E-state index contributed by atoms with van der Waals surface area (Å²) in [5.41, 5.74) is 7.94. The number of rotatable bonds is 7. The molecule has 3 N–H and O–H groups in total. The third kappa shape index (κ3) is 7.13. The summed E-state index contributed by atoms with van der Waals surface area (Å²) in [6, 6.07) is 10.7. The molecule has 2 aromatic carbocycles. The van der Waals surface area contributed by atoms with Crippen LogP contribution in [0.2, 0.25) is 5.02 Å². The van der Waals surface area contributed by atoms with Gasteiger partial charge in [0.2, 0.25) is 5.91 Å². The van der Waals surface area contributed by atoms with Crippen molar-refractivity contribution in [3.05, 3.63) is 70.6 Å². The predicted molar refractivity (Wildman–Crippen MR) is 143 cm³/mol. The third-order valence-corrected chi connectivity index (χ3v) is 6.24. The second kappa shape index (κ2) is 11.0. The van der Waals surface area contributed by atoms with Crippen molar-refractivity contribution >= 4 is 45.4 Å². The summed E-state index contributed by atoms with van der Waals surface area (Å²) in [7, 11) is -1.13. The summed E-state index contributed by atoms with van der Waals surface area (Å²) in [5.74, 6) is 0.856. The van der Waals surface area contributed by atoms with Crippen LogP contribution >= 0.6 is 11.6 Å². The van der Waals surface area contributed by atoms with Crippen molar-refractivity contribution in [2.75, 3.05) is 6.26 Å². The van der Waals surface area contributed by atoms with E-state index < -0.39 is 10.8 Å². The normalized spacial score (nSPS) is 13.3. The summed E-state index contributed by atoms with van der Waals surface area (Å²) in [6.07, 6.45) is 6.18. The first-order chi connectivity index (χ1) is 16.5. The topological polar surface area (TPSA) is 107 Å². The molecule has 0 aliphatic rings. The number of halogens is 1. The Morgan fingerprint density at radius 2 is 1.97 bits per heavy atom. The summed E-state index contributed by atoms with van der Waals surface area (Å²) in [5, 5.41) is 3.90. The summed E-state index contributed by atoms with van der Waals surface area (Å²) in [6.45, 7) is 7.72. The molecule has 3 aromatic rings. The monoisotopic (exact) mass is 512 g/mol. The summed E-state index contributed by atoms with van der Waals surface area (Å²) >= 11 is 6.51. The van der Waals surface area contributed by atoms with Gasteiger partial charge in [-0.3, -0.25) is 19.0 Å². The molecule has 0 fully saturated rings. The molecule has 3 rings (SSSR count). The number of fused-ring (bicyclic) bond motifs is 1. The Morgan fingerprint density at radius 3 is 2.63 bits per heavy atom. The number of nitrogens with one attached hydrogen (secondary N) is 1. The molecule has 35 heavy (non-hydrogen) atoms. The zero-order valence-electron chi connectivity index (χ0n) is 20.4. The number of nitrogens with zero attached hydrogens (tertiary/aromatic N) is 2. The lowest BCUT2D eigenvalue weighted by Crippen LogP contribution is -2.27. The molecule has 0 spiro atoms. The number of allylic oxidation sites excluding steroid dienone is 1. The first-order valence-corrected chi connectivity index (χ1v) is 12.9. The fraction of sp³-hybridized carbons (Fsp3) is 0.269. The molecule has 0 aliphatic carbocycles. The van der Waals surface area contributed by atoms with Gasteiger partial charge in [-0.25, -0.2) is 0 Å². The minimum absolute atomic E-state index is 0.0600. The molecule has 1 heterocycles. The molecule has 1 aromatic heterocycles. The highest BCUT2D eigenvalue weighted by Gasteiger charge is 2.14. The number of benzene rings is 2. The molecular weight excluding hydrogens is 484 g/mol. The number of amides is 1. The second-order valence-corrected chi connectivity index (χ2v) is 10.8. The molecular formula is C26H29ClN4O3S. The summed E-state index contributed by atoms with van der Waals surface area (Å²) in [4.78, 5) is 22.0. The molecule has 184 valence electrons. The minimum atomic E-state index is -1.13. The van der Waals surface area contributed by atoms with E-state index in [4.69, 9.17) is 22.1 Å². The molecule has 1 atom stereocenters. The van der Waals surface area contributed by atoms with Crippen molar-refractivity contribution in [3.63, 3.8) is 0 Å². The second-order valence-electron chi connectivity index (χ2n) is 9.03. The van der Waals surface area contributed by atoms with E-state index in [2.05, 4.69) is 15.3 Å². The van der Waals surface area contributed by atoms with Gasteiger partial charge in [0.25, 0.3) is 0 Å². The Hall–Kier alpha value is -3.23. The fourth-order valence-electron chi connectivity index (χ4n) is 3.21. The van der Waals surface area contributed by atoms with Crippen LogP contribution in [-0.4, -0.2) is 33.1 Å². The van der Waals surface area contributed by atoms with Gasteiger partial charge in [0.05, 0.1) is 23.2 Å². The highest BCUT2D eigenvalue weighted by Crippen LogP contribution is 2.34. The van der Waals surface area contributed by atoms with E-state index in [9.17, 15) is 9.00 Å². The molecule has 0 saturated heterocycles. The van der Waals surface area contributed by atoms with Crippen LogP contribution in [0.25, 0.3) is 10.9 Å². The molecule has 7 nitrogen and oxygen atoms in total. The lowest BCUT2D eigenvalue weighted by atomic mass is 10.1. The van der Waals surface area contributed by atoms with Crippen LogP contribution < -0.4 is 15.8 Å².